The Labute approximate surface area is 99.2 Å². The SMILES string of the molecule is O=[N+]([O-])c1cnc(N=Nc2ccc(O)cc2)s1. The van der Waals surface area contributed by atoms with Crippen molar-refractivity contribution in [1.82, 2.24) is 4.98 Å². The number of hydrogen-bond acceptors (Lipinski definition) is 7. The number of azo groups is 1. The summed E-state index contributed by atoms with van der Waals surface area (Å²) in [5.74, 6) is 0.133. The van der Waals surface area contributed by atoms with Crippen molar-refractivity contribution in [2.75, 3.05) is 0 Å². The van der Waals surface area contributed by atoms with Gasteiger partial charge in [0.05, 0.1) is 10.6 Å². The highest BCUT2D eigenvalue weighted by molar-refractivity contribution is 7.18. The third kappa shape index (κ3) is 2.82. The van der Waals surface area contributed by atoms with Crippen molar-refractivity contribution in [3.05, 3.63) is 40.6 Å². The van der Waals surface area contributed by atoms with Gasteiger partial charge in [0, 0.05) is 0 Å². The third-order valence-corrected chi connectivity index (χ3v) is 2.60. The summed E-state index contributed by atoms with van der Waals surface area (Å²) in [6, 6.07) is 6.08. The molecule has 8 heteroatoms. The Hall–Kier alpha value is -2.35. The van der Waals surface area contributed by atoms with Crippen molar-refractivity contribution in [3.8, 4) is 5.75 Å². The maximum atomic E-state index is 10.4. The number of aromatic nitrogens is 1. The monoisotopic (exact) mass is 250 g/mol. The van der Waals surface area contributed by atoms with E-state index in [4.69, 9.17) is 5.11 Å². The molecule has 2 rings (SSSR count). The second kappa shape index (κ2) is 4.66. The van der Waals surface area contributed by atoms with E-state index in [1.54, 1.807) is 12.1 Å². The molecule has 0 aliphatic heterocycles. The smallest absolute Gasteiger partial charge is 0.345 e. The van der Waals surface area contributed by atoms with Gasteiger partial charge in [-0.2, -0.15) is 0 Å². The zero-order valence-electron chi connectivity index (χ0n) is 8.35. The Morgan fingerprint density at radius 2 is 2.00 bits per heavy atom. The lowest BCUT2D eigenvalue weighted by molar-refractivity contribution is -0.380. The van der Waals surface area contributed by atoms with E-state index in [-0.39, 0.29) is 15.9 Å². The minimum absolute atomic E-state index is 0.0790. The van der Waals surface area contributed by atoms with E-state index in [0.29, 0.717) is 5.69 Å². The van der Waals surface area contributed by atoms with E-state index in [2.05, 4.69) is 15.2 Å². The predicted octanol–water partition coefficient (Wildman–Crippen LogP) is 3.17. The fraction of sp³-hybridized carbons (Fsp3) is 0. The fourth-order valence-corrected chi connectivity index (χ4v) is 1.56. The van der Waals surface area contributed by atoms with Crippen molar-refractivity contribution in [1.29, 1.82) is 0 Å². The highest BCUT2D eigenvalue weighted by Gasteiger charge is 2.10. The first-order valence-electron chi connectivity index (χ1n) is 4.46. The van der Waals surface area contributed by atoms with Crippen LogP contribution in [0.2, 0.25) is 0 Å². The summed E-state index contributed by atoms with van der Waals surface area (Å²) in [6.07, 6.45) is 1.13. The van der Waals surface area contributed by atoms with E-state index in [1.807, 2.05) is 0 Å². The van der Waals surface area contributed by atoms with Gasteiger partial charge in [-0.05, 0) is 35.6 Å². The molecule has 7 nitrogen and oxygen atoms in total. The number of benzene rings is 1. The van der Waals surface area contributed by atoms with E-state index in [9.17, 15) is 10.1 Å². The van der Waals surface area contributed by atoms with E-state index in [0.717, 1.165) is 17.5 Å². The molecule has 0 saturated heterocycles. The highest BCUT2D eigenvalue weighted by Crippen LogP contribution is 2.28. The van der Waals surface area contributed by atoms with Crippen molar-refractivity contribution >= 4 is 27.2 Å². The molecular weight excluding hydrogens is 244 g/mol. The van der Waals surface area contributed by atoms with Crippen LogP contribution in [0, 0.1) is 10.1 Å². The molecule has 1 heterocycles. The number of nitro groups is 1. The predicted molar refractivity (Wildman–Crippen MR) is 61.1 cm³/mol. The van der Waals surface area contributed by atoms with E-state index in [1.165, 1.54) is 12.1 Å². The Kier molecular flexibility index (Phi) is 3.06. The molecule has 86 valence electrons. The molecular formula is C9H6N4O3S. The molecule has 0 spiro atoms. The zero-order valence-corrected chi connectivity index (χ0v) is 9.16. The maximum absolute atomic E-state index is 10.4. The molecule has 0 aliphatic carbocycles. The van der Waals surface area contributed by atoms with Gasteiger partial charge in [-0.3, -0.25) is 10.1 Å². The zero-order chi connectivity index (χ0) is 12.3. The number of thiazole rings is 1. The topological polar surface area (TPSA) is 101 Å². The van der Waals surface area contributed by atoms with Crippen LogP contribution >= 0.6 is 11.3 Å². The summed E-state index contributed by atoms with van der Waals surface area (Å²) in [6.45, 7) is 0. The van der Waals surface area contributed by atoms with Gasteiger partial charge < -0.3 is 5.11 Å². The maximum Gasteiger partial charge on any atom is 0.345 e. The molecule has 1 aromatic carbocycles. The van der Waals surface area contributed by atoms with Gasteiger partial charge in [0.1, 0.15) is 11.9 Å². The average Bonchev–Trinajstić information content (AvgIpc) is 2.77. The van der Waals surface area contributed by atoms with Crippen molar-refractivity contribution in [2.24, 2.45) is 10.2 Å². The Balaban J connectivity index is 2.14. The van der Waals surface area contributed by atoms with Crippen molar-refractivity contribution in [3.63, 3.8) is 0 Å². The summed E-state index contributed by atoms with van der Waals surface area (Å²) in [5.41, 5.74) is 0.528. The summed E-state index contributed by atoms with van der Waals surface area (Å²) in [7, 11) is 0. The molecule has 0 fully saturated rings. The molecule has 0 amide bonds. The van der Waals surface area contributed by atoms with Crippen LogP contribution in [0.3, 0.4) is 0 Å². The normalized spacial score (nSPS) is 10.8. The first-order chi connectivity index (χ1) is 8.15. The number of aromatic hydroxyl groups is 1. The van der Waals surface area contributed by atoms with Crippen LogP contribution in [-0.4, -0.2) is 15.0 Å². The van der Waals surface area contributed by atoms with Gasteiger partial charge in [-0.15, -0.1) is 10.2 Å². The summed E-state index contributed by atoms with van der Waals surface area (Å²) >= 11 is 0.843. The lowest BCUT2D eigenvalue weighted by Crippen LogP contribution is -1.80. The summed E-state index contributed by atoms with van der Waals surface area (Å²) in [5, 5.41) is 27.2. The van der Waals surface area contributed by atoms with Crippen LogP contribution in [0.25, 0.3) is 0 Å². The number of nitrogens with zero attached hydrogens (tertiary/aromatic N) is 4. The van der Waals surface area contributed by atoms with Crippen LogP contribution < -0.4 is 0 Å². The second-order valence-corrected chi connectivity index (χ2v) is 3.94. The van der Waals surface area contributed by atoms with E-state index < -0.39 is 4.92 Å². The molecule has 0 aliphatic rings. The molecule has 17 heavy (non-hydrogen) atoms. The molecule has 0 saturated carbocycles. The quantitative estimate of drug-likeness (QED) is 0.513. The van der Waals surface area contributed by atoms with Gasteiger partial charge in [-0.25, -0.2) is 4.98 Å². The van der Waals surface area contributed by atoms with E-state index >= 15 is 0 Å². The Morgan fingerprint density at radius 1 is 1.29 bits per heavy atom. The van der Waals surface area contributed by atoms with Gasteiger partial charge in [0.25, 0.3) is 0 Å². The fourth-order valence-electron chi connectivity index (χ4n) is 1.01. The highest BCUT2D eigenvalue weighted by atomic mass is 32.1. The number of rotatable bonds is 3. The minimum Gasteiger partial charge on any atom is -0.508 e. The first kappa shape index (κ1) is 11.1. The Bertz CT molecular complexity index is 564. The first-order valence-corrected chi connectivity index (χ1v) is 5.28. The number of phenols is 1. The largest absolute Gasteiger partial charge is 0.508 e. The lowest BCUT2D eigenvalue weighted by atomic mass is 10.3. The molecule has 0 bridgehead atoms. The molecule has 2 aromatic rings. The minimum atomic E-state index is -0.531. The second-order valence-electron chi connectivity index (χ2n) is 2.95. The van der Waals surface area contributed by atoms with Crippen molar-refractivity contribution in [2.45, 2.75) is 0 Å². The van der Waals surface area contributed by atoms with Gasteiger partial charge in [0.15, 0.2) is 0 Å². The summed E-state index contributed by atoms with van der Waals surface area (Å²) in [4.78, 5) is 13.6. The average molecular weight is 250 g/mol. The molecule has 0 unspecified atom stereocenters. The summed E-state index contributed by atoms with van der Waals surface area (Å²) < 4.78 is 0. The molecule has 0 radical (unpaired) electrons. The van der Waals surface area contributed by atoms with Crippen LogP contribution in [0.4, 0.5) is 15.8 Å². The standard InChI is InChI=1S/C9H6N4O3S/c14-7-3-1-6(2-4-7)11-12-9-10-5-8(17-9)13(15)16/h1-5,14H. The van der Waals surface area contributed by atoms with Crippen LogP contribution in [-0.2, 0) is 0 Å². The number of phenolic OH excluding ortho intramolecular Hbond substituents is 1. The van der Waals surface area contributed by atoms with Crippen LogP contribution in [0.5, 0.6) is 5.75 Å². The molecule has 1 N–H and O–H groups in total. The number of hydrogen-bond donors (Lipinski definition) is 1. The van der Waals surface area contributed by atoms with Gasteiger partial charge in [-0.1, -0.05) is 0 Å². The Morgan fingerprint density at radius 3 is 2.59 bits per heavy atom. The lowest BCUT2D eigenvalue weighted by Gasteiger charge is -1.91. The molecule has 1 aromatic heterocycles. The van der Waals surface area contributed by atoms with Gasteiger partial charge in [0.2, 0.25) is 5.13 Å². The molecule has 0 atom stereocenters. The third-order valence-electron chi connectivity index (χ3n) is 1.76. The van der Waals surface area contributed by atoms with Crippen LogP contribution in [0.15, 0.2) is 40.7 Å². The van der Waals surface area contributed by atoms with Gasteiger partial charge >= 0.3 is 5.00 Å². The van der Waals surface area contributed by atoms with Crippen molar-refractivity contribution < 1.29 is 10.0 Å². The van der Waals surface area contributed by atoms with Crippen LogP contribution in [0.1, 0.15) is 0 Å².